The Balaban J connectivity index is 1.40. The monoisotopic (exact) mass is 454 g/mol. The standard InChI is InChI=1S/C25H27FN2O5/c1-28(24(29)27-23-4-3-11-32-23)21-7-5-18(6-8-21)17-33-22-15-19(14-20(26)16-22)25(30-2)9-12-31-13-10-25/h3-8,11,14-16H,9-10,12-13,17H2,1-2H3,(H,27,29). The zero-order valence-corrected chi connectivity index (χ0v) is 18.7. The lowest BCUT2D eigenvalue weighted by Crippen LogP contribution is -2.35. The van der Waals surface area contributed by atoms with Crippen molar-refractivity contribution in [2.75, 3.05) is 37.6 Å². The maximum absolute atomic E-state index is 14.4. The van der Waals surface area contributed by atoms with Crippen molar-refractivity contribution >= 4 is 17.6 Å². The van der Waals surface area contributed by atoms with Crippen LogP contribution in [0.3, 0.4) is 0 Å². The molecule has 4 rings (SSSR count). The number of urea groups is 1. The van der Waals surface area contributed by atoms with Gasteiger partial charge in [-0.15, -0.1) is 0 Å². The van der Waals surface area contributed by atoms with Crippen LogP contribution in [0.5, 0.6) is 5.75 Å². The first-order valence-corrected chi connectivity index (χ1v) is 10.7. The number of carbonyl (C=O) groups is 1. The fourth-order valence-electron chi connectivity index (χ4n) is 3.86. The number of halogens is 1. The van der Waals surface area contributed by atoms with Crippen molar-refractivity contribution in [1.82, 2.24) is 0 Å². The molecule has 0 radical (unpaired) electrons. The van der Waals surface area contributed by atoms with Gasteiger partial charge < -0.3 is 18.6 Å². The zero-order chi connectivity index (χ0) is 23.3. The predicted molar refractivity (Wildman–Crippen MR) is 122 cm³/mol. The lowest BCUT2D eigenvalue weighted by Gasteiger charge is -2.36. The van der Waals surface area contributed by atoms with Crippen molar-refractivity contribution in [1.29, 1.82) is 0 Å². The van der Waals surface area contributed by atoms with E-state index in [4.69, 9.17) is 18.6 Å². The Morgan fingerprint density at radius 1 is 1.15 bits per heavy atom. The highest BCUT2D eigenvalue weighted by atomic mass is 19.1. The fraction of sp³-hybridized carbons (Fsp3) is 0.320. The minimum Gasteiger partial charge on any atom is -0.489 e. The van der Waals surface area contributed by atoms with E-state index in [1.54, 1.807) is 26.3 Å². The smallest absolute Gasteiger partial charge is 0.328 e. The van der Waals surface area contributed by atoms with Crippen LogP contribution < -0.4 is 15.0 Å². The van der Waals surface area contributed by atoms with E-state index in [0.29, 0.717) is 43.4 Å². The number of hydrogen-bond acceptors (Lipinski definition) is 5. The Kier molecular flexibility index (Phi) is 6.96. The lowest BCUT2D eigenvalue weighted by atomic mass is 9.86. The van der Waals surface area contributed by atoms with E-state index in [2.05, 4.69) is 5.32 Å². The SMILES string of the molecule is COC1(c2cc(F)cc(OCc3ccc(N(C)C(=O)Nc4ccco4)cc3)c2)CCOCC1. The first-order chi connectivity index (χ1) is 16.0. The molecule has 33 heavy (non-hydrogen) atoms. The van der Waals surface area contributed by atoms with Crippen molar-refractivity contribution in [3.63, 3.8) is 0 Å². The topological polar surface area (TPSA) is 73.2 Å². The molecule has 1 aliphatic rings. The molecule has 2 aromatic carbocycles. The van der Waals surface area contributed by atoms with Crippen LogP contribution in [0.25, 0.3) is 0 Å². The molecular weight excluding hydrogens is 427 g/mol. The normalized spacial score (nSPS) is 15.1. The zero-order valence-electron chi connectivity index (χ0n) is 18.7. The highest BCUT2D eigenvalue weighted by Gasteiger charge is 2.35. The van der Waals surface area contributed by atoms with Gasteiger partial charge in [-0.2, -0.15) is 0 Å². The molecule has 8 heteroatoms. The molecule has 0 unspecified atom stereocenters. The third-order valence-electron chi connectivity index (χ3n) is 5.87. The number of hydrogen-bond donors (Lipinski definition) is 1. The number of nitrogens with one attached hydrogen (secondary N) is 1. The van der Waals surface area contributed by atoms with Gasteiger partial charge in [0.15, 0.2) is 0 Å². The molecule has 1 aliphatic heterocycles. The molecule has 1 aromatic heterocycles. The number of furan rings is 1. The molecular formula is C25H27FN2O5. The summed E-state index contributed by atoms with van der Waals surface area (Å²) in [6.45, 7) is 1.40. The van der Waals surface area contributed by atoms with E-state index in [1.807, 2.05) is 30.3 Å². The second-order valence-electron chi connectivity index (χ2n) is 7.91. The van der Waals surface area contributed by atoms with Crippen molar-refractivity contribution in [3.05, 3.63) is 77.8 Å². The van der Waals surface area contributed by atoms with E-state index in [0.717, 1.165) is 11.1 Å². The minimum atomic E-state index is -0.569. The number of carbonyl (C=O) groups excluding carboxylic acids is 1. The summed E-state index contributed by atoms with van der Waals surface area (Å²) in [7, 11) is 3.31. The van der Waals surface area contributed by atoms with Crippen LogP contribution in [0.4, 0.5) is 20.8 Å². The molecule has 7 nitrogen and oxygen atoms in total. The summed E-state index contributed by atoms with van der Waals surface area (Å²) < 4.78 is 36.6. The number of benzene rings is 2. The van der Waals surface area contributed by atoms with Crippen LogP contribution in [0, 0.1) is 5.82 Å². The first-order valence-electron chi connectivity index (χ1n) is 10.7. The van der Waals surface area contributed by atoms with Gasteiger partial charge in [0, 0.05) is 58.0 Å². The van der Waals surface area contributed by atoms with Gasteiger partial charge in [-0.05, 0) is 41.5 Å². The molecule has 3 aromatic rings. The average molecular weight is 454 g/mol. The van der Waals surface area contributed by atoms with Crippen LogP contribution >= 0.6 is 0 Å². The molecule has 1 saturated heterocycles. The van der Waals surface area contributed by atoms with Crippen LogP contribution in [0.15, 0.2) is 65.3 Å². The molecule has 0 aliphatic carbocycles. The lowest BCUT2D eigenvalue weighted by molar-refractivity contribution is -0.0950. The Labute approximate surface area is 192 Å². The average Bonchev–Trinajstić information content (AvgIpc) is 3.35. The third-order valence-corrected chi connectivity index (χ3v) is 5.87. The number of nitrogens with zero attached hydrogens (tertiary/aromatic N) is 1. The third kappa shape index (κ3) is 5.35. The van der Waals surface area contributed by atoms with Gasteiger partial charge in [-0.3, -0.25) is 10.2 Å². The van der Waals surface area contributed by atoms with Gasteiger partial charge in [0.05, 0.1) is 11.9 Å². The van der Waals surface area contributed by atoms with E-state index < -0.39 is 5.60 Å². The van der Waals surface area contributed by atoms with Gasteiger partial charge >= 0.3 is 6.03 Å². The van der Waals surface area contributed by atoms with E-state index in [-0.39, 0.29) is 18.5 Å². The summed E-state index contributed by atoms with van der Waals surface area (Å²) in [5.41, 5.74) is 1.78. The second-order valence-corrected chi connectivity index (χ2v) is 7.91. The quantitative estimate of drug-likeness (QED) is 0.523. The van der Waals surface area contributed by atoms with Gasteiger partial charge in [0.1, 0.15) is 18.2 Å². The molecule has 2 heterocycles. The van der Waals surface area contributed by atoms with Gasteiger partial charge in [0.25, 0.3) is 0 Å². The van der Waals surface area contributed by atoms with Gasteiger partial charge in [-0.25, -0.2) is 9.18 Å². The first kappa shape index (κ1) is 22.8. The Hall–Kier alpha value is -3.36. The fourth-order valence-corrected chi connectivity index (χ4v) is 3.86. The molecule has 0 saturated carbocycles. The maximum Gasteiger partial charge on any atom is 0.328 e. The second kappa shape index (κ2) is 10.1. The summed E-state index contributed by atoms with van der Waals surface area (Å²) in [5, 5.41) is 2.67. The molecule has 1 N–H and O–H groups in total. The number of amides is 2. The summed E-state index contributed by atoms with van der Waals surface area (Å²) in [4.78, 5) is 13.8. The van der Waals surface area contributed by atoms with Crippen molar-refractivity contribution in [2.24, 2.45) is 0 Å². The summed E-state index contributed by atoms with van der Waals surface area (Å²) in [6, 6.07) is 15.1. The highest BCUT2D eigenvalue weighted by molar-refractivity contribution is 6.00. The van der Waals surface area contributed by atoms with Crippen LogP contribution in [0.1, 0.15) is 24.0 Å². The minimum absolute atomic E-state index is 0.259. The van der Waals surface area contributed by atoms with Crippen molar-refractivity contribution < 1.29 is 27.8 Å². The van der Waals surface area contributed by atoms with E-state index in [1.165, 1.54) is 23.3 Å². The number of ether oxygens (including phenoxy) is 3. The number of rotatable bonds is 7. The largest absolute Gasteiger partial charge is 0.489 e. The number of methoxy groups -OCH3 is 1. The molecule has 0 spiro atoms. The molecule has 0 bridgehead atoms. The summed E-state index contributed by atoms with van der Waals surface area (Å²) in [5.74, 6) is 0.444. The molecule has 174 valence electrons. The van der Waals surface area contributed by atoms with Crippen molar-refractivity contribution in [3.8, 4) is 5.75 Å². The Bertz CT molecular complexity index is 1060. The van der Waals surface area contributed by atoms with Crippen LogP contribution in [-0.2, 0) is 21.7 Å². The van der Waals surface area contributed by atoms with Gasteiger partial charge in [-0.1, -0.05) is 12.1 Å². The van der Waals surface area contributed by atoms with Crippen molar-refractivity contribution in [2.45, 2.75) is 25.0 Å². The maximum atomic E-state index is 14.4. The van der Waals surface area contributed by atoms with Crippen LogP contribution in [-0.4, -0.2) is 33.4 Å². The highest BCUT2D eigenvalue weighted by Crippen LogP contribution is 2.37. The molecule has 0 atom stereocenters. The molecule has 2 amide bonds. The van der Waals surface area contributed by atoms with E-state index >= 15 is 0 Å². The van der Waals surface area contributed by atoms with Crippen LogP contribution in [0.2, 0.25) is 0 Å². The Morgan fingerprint density at radius 2 is 1.91 bits per heavy atom. The predicted octanol–water partition coefficient (Wildman–Crippen LogP) is 5.32. The molecule has 1 fully saturated rings. The summed E-state index contributed by atoms with van der Waals surface area (Å²) in [6.07, 6.45) is 2.81. The number of anilines is 2. The summed E-state index contributed by atoms with van der Waals surface area (Å²) >= 11 is 0. The van der Waals surface area contributed by atoms with E-state index in [9.17, 15) is 9.18 Å². The van der Waals surface area contributed by atoms with Gasteiger partial charge in [0.2, 0.25) is 5.88 Å². The Morgan fingerprint density at radius 3 is 2.58 bits per heavy atom.